The summed E-state index contributed by atoms with van der Waals surface area (Å²) in [6.07, 6.45) is 6.22. The summed E-state index contributed by atoms with van der Waals surface area (Å²) in [6.45, 7) is 1.59. The topological polar surface area (TPSA) is 104 Å². The van der Waals surface area contributed by atoms with E-state index in [9.17, 15) is 15.2 Å². The van der Waals surface area contributed by atoms with E-state index in [0.717, 1.165) is 30.3 Å². The second kappa shape index (κ2) is 7.06. The summed E-state index contributed by atoms with van der Waals surface area (Å²) in [5, 5.41) is 22.8. The van der Waals surface area contributed by atoms with Crippen molar-refractivity contribution in [3.63, 3.8) is 0 Å². The number of imidazole rings is 1. The highest BCUT2D eigenvalue weighted by Gasteiger charge is 2.29. The number of carbonyl (C=O) groups is 1. The monoisotopic (exact) mass is 375 g/mol. The van der Waals surface area contributed by atoms with E-state index in [4.69, 9.17) is 0 Å². The summed E-state index contributed by atoms with van der Waals surface area (Å²) in [4.78, 5) is 21.3. The molecule has 7 nitrogen and oxygen atoms in total. The third-order valence-corrected chi connectivity index (χ3v) is 5.30. The molecule has 1 atom stereocenters. The minimum Gasteiger partial charge on any atom is -0.385 e. The fourth-order valence-electron chi connectivity index (χ4n) is 3.53. The number of nitriles is 1. The third kappa shape index (κ3) is 3.35. The highest BCUT2D eigenvalue weighted by Crippen LogP contribution is 2.37. The first kappa shape index (κ1) is 18.1. The lowest BCUT2D eigenvalue weighted by molar-refractivity contribution is -0.120. The van der Waals surface area contributed by atoms with Gasteiger partial charge in [-0.15, -0.1) is 0 Å². The van der Waals surface area contributed by atoms with Crippen LogP contribution in [0.25, 0.3) is 11.0 Å². The molecule has 1 unspecified atom stereocenters. The fourth-order valence-corrected chi connectivity index (χ4v) is 3.53. The standard InChI is InChI=1S/C21H21N5O2/c1-21(28,15-4-3-9-23-13-15)11-19(27)25-20-24-17-8-7-14(12-22)10-18(17)26(20)16-5-2-6-16/h3-4,7-10,13,16,28H,2,5-6,11H2,1H3,(H,24,25,27). The highest BCUT2D eigenvalue weighted by atomic mass is 16.3. The second-order valence-electron chi connectivity index (χ2n) is 7.45. The Bertz CT molecular complexity index is 1060. The largest absolute Gasteiger partial charge is 0.385 e. The molecule has 2 heterocycles. The van der Waals surface area contributed by atoms with Crippen LogP contribution in [0.1, 0.15) is 49.8 Å². The van der Waals surface area contributed by atoms with Gasteiger partial charge < -0.3 is 9.67 Å². The summed E-state index contributed by atoms with van der Waals surface area (Å²) in [5.41, 5.74) is 1.39. The number of hydrogen-bond acceptors (Lipinski definition) is 5. The van der Waals surface area contributed by atoms with Crippen molar-refractivity contribution in [3.05, 3.63) is 53.9 Å². The molecular formula is C21H21N5O2. The number of carbonyl (C=O) groups excluding carboxylic acids is 1. The van der Waals surface area contributed by atoms with Crippen LogP contribution in [-0.4, -0.2) is 25.5 Å². The van der Waals surface area contributed by atoms with E-state index >= 15 is 0 Å². The number of amides is 1. The van der Waals surface area contributed by atoms with E-state index in [0.29, 0.717) is 17.1 Å². The van der Waals surface area contributed by atoms with Crippen LogP contribution in [0.2, 0.25) is 0 Å². The van der Waals surface area contributed by atoms with Crippen LogP contribution >= 0.6 is 0 Å². The Labute approximate surface area is 162 Å². The van der Waals surface area contributed by atoms with Gasteiger partial charge in [0, 0.05) is 24.0 Å². The van der Waals surface area contributed by atoms with Crippen molar-refractivity contribution in [2.45, 2.75) is 44.2 Å². The summed E-state index contributed by atoms with van der Waals surface area (Å²) >= 11 is 0. The molecule has 1 saturated carbocycles. The molecule has 4 rings (SSSR count). The molecule has 2 N–H and O–H groups in total. The first-order chi connectivity index (χ1) is 13.5. The van der Waals surface area contributed by atoms with Gasteiger partial charge in [-0.25, -0.2) is 4.98 Å². The number of rotatable bonds is 5. The van der Waals surface area contributed by atoms with Crippen molar-refractivity contribution >= 4 is 22.9 Å². The molecule has 0 aliphatic heterocycles. The van der Waals surface area contributed by atoms with Crippen molar-refractivity contribution in [1.82, 2.24) is 14.5 Å². The smallest absolute Gasteiger partial charge is 0.229 e. The average molecular weight is 375 g/mol. The Morgan fingerprint density at radius 2 is 2.25 bits per heavy atom. The molecule has 142 valence electrons. The molecule has 3 aromatic rings. The van der Waals surface area contributed by atoms with Gasteiger partial charge in [0.15, 0.2) is 0 Å². The number of aliphatic hydroxyl groups is 1. The van der Waals surface area contributed by atoms with Gasteiger partial charge in [0.25, 0.3) is 0 Å². The zero-order valence-corrected chi connectivity index (χ0v) is 15.6. The number of benzene rings is 1. The Kier molecular flexibility index (Phi) is 4.57. The van der Waals surface area contributed by atoms with Gasteiger partial charge in [-0.3, -0.25) is 15.1 Å². The third-order valence-electron chi connectivity index (χ3n) is 5.30. The van der Waals surface area contributed by atoms with Crippen molar-refractivity contribution in [2.75, 3.05) is 5.32 Å². The van der Waals surface area contributed by atoms with Gasteiger partial charge in [0.2, 0.25) is 11.9 Å². The Hall–Kier alpha value is -3.24. The van der Waals surface area contributed by atoms with E-state index in [1.165, 1.54) is 0 Å². The zero-order chi connectivity index (χ0) is 19.7. The van der Waals surface area contributed by atoms with Crippen molar-refractivity contribution in [3.8, 4) is 6.07 Å². The maximum atomic E-state index is 12.7. The van der Waals surface area contributed by atoms with Crippen LogP contribution in [0.5, 0.6) is 0 Å². The number of aromatic nitrogens is 3. The number of nitrogens with zero attached hydrogens (tertiary/aromatic N) is 4. The molecule has 0 spiro atoms. The lowest BCUT2D eigenvalue weighted by Crippen LogP contribution is -2.30. The number of pyridine rings is 1. The zero-order valence-electron chi connectivity index (χ0n) is 15.6. The molecule has 0 saturated heterocycles. The minimum absolute atomic E-state index is 0.115. The van der Waals surface area contributed by atoms with E-state index in [1.54, 1.807) is 43.6 Å². The molecule has 1 aliphatic carbocycles. The van der Waals surface area contributed by atoms with Gasteiger partial charge in [-0.1, -0.05) is 6.07 Å². The van der Waals surface area contributed by atoms with Gasteiger partial charge in [0.05, 0.1) is 34.7 Å². The van der Waals surface area contributed by atoms with Crippen LogP contribution in [0.15, 0.2) is 42.7 Å². The van der Waals surface area contributed by atoms with Crippen molar-refractivity contribution in [1.29, 1.82) is 5.26 Å². The SMILES string of the molecule is CC(O)(CC(=O)Nc1nc2ccc(C#N)cc2n1C1CCC1)c1cccnc1. The lowest BCUT2D eigenvalue weighted by Gasteiger charge is -2.29. The predicted molar refractivity (Wildman–Crippen MR) is 104 cm³/mol. The van der Waals surface area contributed by atoms with Crippen LogP contribution < -0.4 is 5.32 Å². The molecule has 1 amide bonds. The number of nitrogens with one attached hydrogen (secondary N) is 1. The van der Waals surface area contributed by atoms with Crippen molar-refractivity contribution in [2.24, 2.45) is 0 Å². The number of anilines is 1. The van der Waals surface area contributed by atoms with Crippen LogP contribution in [-0.2, 0) is 10.4 Å². The second-order valence-corrected chi connectivity index (χ2v) is 7.45. The van der Waals surface area contributed by atoms with Crippen LogP contribution in [0.3, 0.4) is 0 Å². The Morgan fingerprint density at radius 1 is 1.43 bits per heavy atom. The summed E-state index contributed by atoms with van der Waals surface area (Å²) in [6, 6.07) is 11.2. The number of fused-ring (bicyclic) bond motifs is 1. The molecule has 2 aromatic heterocycles. The van der Waals surface area contributed by atoms with E-state index in [1.807, 2.05) is 10.6 Å². The summed E-state index contributed by atoms with van der Waals surface area (Å²) in [5.74, 6) is 0.131. The van der Waals surface area contributed by atoms with Gasteiger partial charge >= 0.3 is 0 Å². The van der Waals surface area contributed by atoms with Crippen LogP contribution in [0.4, 0.5) is 5.95 Å². The Morgan fingerprint density at radius 3 is 2.89 bits per heavy atom. The predicted octanol–water partition coefficient (Wildman–Crippen LogP) is 3.26. The summed E-state index contributed by atoms with van der Waals surface area (Å²) in [7, 11) is 0. The maximum absolute atomic E-state index is 12.7. The first-order valence-electron chi connectivity index (χ1n) is 9.33. The Balaban J connectivity index is 1.62. The summed E-state index contributed by atoms with van der Waals surface area (Å²) < 4.78 is 2.01. The molecule has 1 fully saturated rings. The minimum atomic E-state index is -1.33. The van der Waals surface area contributed by atoms with Gasteiger partial charge in [0.1, 0.15) is 0 Å². The molecule has 0 radical (unpaired) electrons. The molecule has 1 aromatic carbocycles. The van der Waals surface area contributed by atoms with E-state index < -0.39 is 5.60 Å². The maximum Gasteiger partial charge on any atom is 0.229 e. The van der Waals surface area contributed by atoms with Gasteiger partial charge in [-0.2, -0.15) is 5.26 Å². The van der Waals surface area contributed by atoms with Crippen molar-refractivity contribution < 1.29 is 9.90 Å². The van der Waals surface area contributed by atoms with Crippen LogP contribution in [0, 0.1) is 11.3 Å². The quantitative estimate of drug-likeness (QED) is 0.712. The molecule has 1 aliphatic rings. The van der Waals surface area contributed by atoms with E-state index in [-0.39, 0.29) is 18.4 Å². The molecule has 7 heteroatoms. The molecule has 0 bridgehead atoms. The normalized spacial score (nSPS) is 16.2. The average Bonchev–Trinajstić information content (AvgIpc) is 2.97. The first-order valence-corrected chi connectivity index (χ1v) is 9.33. The highest BCUT2D eigenvalue weighted by molar-refractivity contribution is 5.92. The van der Waals surface area contributed by atoms with Gasteiger partial charge in [-0.05, 0) is 50.5 Å². The van der Waals surface area contributed by atoms with E-state index in [2.05, 4.69) is 21.4 Å². The lowest BCUT2D eigenvalue weighted by atomic mass is 9.92. The fraction of sp³-hybridized carbons (Fsp3) is 0.333. The number of hydrogen-bond donors (Lipinski definition) is 2. The molecule has 28 heavy (non-hydrogen) atoms. The molecular weight excluding hydrogens is 354 g/mol.